The third-order valence-electron chi connectivity index (χ3n) is 5.20. The Bertz CT molecular complexity index is 1270. The molecule has 0 unspecified atom stereocenters. The Hall–Kier alpha value is -3.94. The lowest BCUT2D eigenvalue weighted by Crippen LogP contribution is -2.13. The molecule has 1 aromatic heterocycles. The normalized spacial score (nSPS) is 11.3. The molecule has 1 heterocycles. The van der Waals surface area contributed by atoms with Gasteiger partial charge in [-0.05, 0) is 36.3 Å². The maximum atomic E-state index is 11.0. The number of aryl methyl sites for hydroxylation is 1. The summed E-state index contributed by atoms with van der Waals surface area (Å²) in [6, 6.07) is 27.3. The molecule has 6 nitrogen and oxygen atoms in total. The van der Waals surface area contributed by atoms with Crippen molar-refractivity contribution in [2.24, 2.45) is 0 Å². The van der Waals surface area contributed by atoms with Gasteiger partial charge < -0.3 is 9.84 Å². The standard InChI is InChI=1S/C28H26N2O4S/c1-20-26(29-28(35-20)23-10-6-3-7-11-23)19-33-24-14-12-21(13-15-24)18-34-30-25(16-17-27(31)32)22-8-4-2-5-9-22/h2-16,30H,17-19H2,1H3,(H,31,32). The van der Waals surface area contributed by atoms with Crippen molar-refractivity contribution < 1.29 is 19.5 Å². The fraction of sp³-hybridized carbons (Fsp3) is 0.143. The molecular weight excluding hydrogens is 460 g/mol. The Morgan fingerprint density at radius 2 is 1.66 bits per heavy atom. The van der Waals surface area contributed by atoms with Gasteiger partial charge in [-0.25, -0.2) is 4.98 Å². The molecule has 4 aromatic rings. The number of rotatable bonds is 11. The van der Waals surface area contributed by atoms with Crippen LogP contribution in [-0.2, 0) is 22.8 Å². The van der Waals surface area contributed by atoms with Crippen molar-refractivity contribution in [3.8, 4) is 16.3 Å². The fourth-order valence-corrected chi connectivity index (χ4v) is 4.24. The van der Waals surface area contributed by atoms with Crippen molar-refractivity contribution in [3.63, 3.8) is 0 Å². The fourth-order valence-electron chi connectivity index (χ4n) is 3.32. The molecule has 0 radical (unpaired) electrons. The minimum atomic E-state index is -0.903. The summed E-state index contributed by atoms with van der Waals surface area (Å²) in [5, 5.41) is 9.99. The van der Waals surface area contributed by atoms with E-state index in [-0.39, 0.29) is 6.42 Å². The Morgan fingerprint density at radius 3 is 2.34 bits per heavy atom. The topological polar surface area (TPSA) is 80.7 Å². The highest BCUT2D eigenvalue weighted by Crippen LogP contribution is 2.28. The van der Waals surface area contributed by atoms with E-state index >= 15 is 0 Å². The van der Waals surface area contributed by atoms with E-state index < -0.39 is 5.97 Å². The number of hydroxylamine groups is 1. The van der Waals surface area contributed by atoms with Gasteiger partial charge in [0.05, 0.1) is 24.4 Å². The first-order valence-electron chi connectivity index (χ1n) is 11.2. The molecule has 35 heavy (non-hydrogen) atoms. The van der Waals surface area contributed by atoms with E-state index in [4.69, 9.17) is 19.7 Å². The van der Waals surface area contributed by atoms with Crippen molar-refractivity contribution in [2.45, 2.75) is 26.6 Å². The van der Waals surface area contributed by atoms with Crippen molar-refractivity contribution in [3.05, 3.63) is 113 Å². The molecule has 4 rings (SSSR count). The molecule has 0 saturated heterocycles. The lowest BCUT2D eigenvalue weighted by Gasteiger charge is -2.12. The van der Waals surface area contributed by atoms with Gasteiger partial charge in [-0.2, -0.15) is 0 Å². The Kier molecular flexibility index (Phi) is 8.27. The van der Waals surface area contributed by atoms with Crippen LogP contribution >= 0.6 is 11.3 Å². The van der Waals surface area contributed by atoms with Crippen LogP contribution in [0.25, 0.3) is 16.3 Å². The Labute approximate surface area is 208 Å². The lowest BCUT2D eigenvalue weighted by molar-refractivity contribution is -0.136. The number of ether oxygens (including phenoxy) is 1. The maximum absolute atomic E-state index is 11.0. The molecule has 178 valence electrons. The van der Waals surface area contributed by atoms with Gasteiger partial charge in [0.15, 0.2) is 0 Å². The predicted molar refractivity (Wildman–Crippen MR) is 138 cm³/mol. The van der Waals surface area contributed by atoms with Gasteiger partial charge in [0.2, 0.25) is 0 Å². The van der Waals surface area contributed by atoms with E-state index in [9.17, 15) is 4.79 Å². The first-order valence-corrected chi connectivity index (χ1v) is 12.0. The first-order chi connectivity index (χ1) is 17.1. The number of benzene rings is 3. The average Bonchev–Trinajstić information content (AvgIpc) is 3.27. The molecular formula is C28H26N2O4S. The highest BCUT2D eigenvalue weighted by molar-refractivity contribution is 7.15. The van der Waals surface area contributed by atoms with Crippen molar-refractivity contribution in [1.29, 1.82) is 0 Å². The minimum Gasteiger partial charge on any atom is -0.487 e. The molecule has 0 saturated carbocycles. The number of hydrogen-bond acceptors (Lipinski definition) is 6. The summed E-state index contributed by atoms with van der Waals surface area (Å²) >= 11 is 1.67. The second kappa shape index (κ2) is 12.0. The molecule has 0 amide bonds. The van der Waals surface area contributed by atoms with Crippen molar-refractivity contribution in [1.82, 2.24) is 10.5 Å². The monoisotopic (exact) mass is 486 g/mol. The SMILES string of the molecule is Cc1sc(-c2ccccc2)nc1COc1ccc(CONC(=CCC(=O)O)c2ccccc2)cc1. The zero-order valence-electron chi connectivity index (χ0n) is 19.3. The number of aliphatic carboxylic acids is 1. The van der Waals surface area contributed by atoms with E-state index in [1.54, 1.807) is 17.4 Å². The van der Waals surface area contributed by atoms with Gasteiger partial charge in [0, 0.05) is 10.4 Å². The van der Waals surface area contributed by atoms with Crippen LogP contribution < -0.4 is 10.2 Å². The molecule has 0 bridgehead atoms. The average molecular weight is 487 g/mol. The lowest BCUT2D eigenvalue weighted by atomic mass is 10.1. The van der Waals surface area contributed by atoms with E-state index in [0.717, 1.165) is 38.0 Å². The minimum absolute atomic E-state index is 0.0993. The number of thiazole rings is 1. The van der Waals surface area contributed by atoms with E-state index in [1.165, 1.54) is 0 Å². The number of aromatic nitrogens is 1. The Morgan fingerprint density at radius 1 is 0.971 bits per heavy atom. The van der Waals surface area contributed by atoms with Gasteiger partial charge in [-0.3, -0.25) is 15.1 Å². The van der Waals surface area contributed by atoms with Crippen LogP contribution in [0.5, 0.6) is 5.75 Å². The molecule has 2 N–H and O–H groups in total. The number of nitrogens with zero attached hydrogens (tertiary/aromatic N) is 1. The number of carbonyl (C=O) groups is 1. The van der Waals surface area contributed by atoms with E-state index in [0.29, 0.717) is 18.9 Å². The summed E-state index contributed by atoms with van der Waals surface area (Å²) in [4.78, 5) is 22.5. The highest BCUT2D eigenvalue weighted by atomic mass is 32.1. The summed E-state index contributed by atoms with van der Waals surface area (Å²) in [7, 11) is 0. The molecule has 0 spiro atoms. The van der Waals surface area contributed by atoms with Gasteiger partial charge in [0.25, 0.3) is 0 Å². The molecule has 7 heteroatoms. The van der Waals surface area contributed by atoms with Crippen LogP contribution in [0.15, 0.2) is 91.0 Å². The van der Waals surface area contributed by atoms with Crippen LogP contribution in [0.1, 0.15) is 28.1 Å². The van der Waals surface area contributed by atoms with Crippen molar-refractivity contribution in [2.75, 3.05) is 0 Å². The van der Waals surface area contributed by atoms with Crippen LogP contribution in [0.2, 0.25) is 0 Å². The summed E-state index contributed by atoms with van der Waals surface area (Å²) < 4.78 is 5.95. The number of carboxylic acids is 1. The molecule has 0 atom stereocenters. The maximum Gasteiger partial charge on any atom is 0.307 e. The first kappa shape index (κ1) is 24.2. The molecule has 0 aliphatic heterocycles. The number of hydrogen-bond donors (Lipinski definition) is 2. The third-order valence-corrected chi connectivity index (χ3v) is 6.26. The molecule has 0 aliphatic rings. The zero-order valence-corrected chi connectivity index (χ0v) is 20.1. The molecule has 3 aromatic carbocycles. The smallest absolute Gasteiger partial charge is 0.307 e. The third kappa shape index (κ3) is 7.02. The second-order valence-corrected chi connectivity index (χ2v) is 9.00. The van der Waals surface area contributed by atoms with E-state index in [1.807, 2.05) is 72.8 Å². The van der Waals surface area contributed by atoms with Crippen LogP contribution in [0, 0.1) is 6.92 Å². The number of carboxylic acid groups (broad SMARTS) is 1. The van der Waals surface area contributed by atoms with Gasteiger partial charge in [0.1, 0.15) is 17.4 Å². The zero-order chi connectivity index (χ0) is 24.5. The summed E-state index contributed by atoms with van der Waals surface area (Å²) in [6.45, 7) is 2.77. The van der Waals surface area contributed by atoms with Crippen LogP contribution in [0.4, 0.5) is 0 Å². The molecule has 0 aliphatic carbocycles. The summed E-state index contributed by atoms with van der Waals surface area (Å²) in [6.07, 6.45) is 1.50. The molecule has 0 fully saturated rings. The quantitative estimate of drug-likeness (QED) is 0.245. The van der Waals surface area contributed by atoms with Gasteiger partial charge in [-0.1, -0.05) is 72.8 Å². The summed E-state index contributed by atoms with van der Waals surface area (Å²) in [5.41, 5.74) is 7.34. The van der Waals surface area contributed by atoms with Gasteiger partial charge in [-0.15, -0.1) is 11.3 Å². The Balaban J connectivity index is 1.30. The van der Waals surface area contributed by atoms with Crippen molar-refractivity contribution >= 4 is 23.0 Å². The van der Waals surface area contributed by atoms with Gasteiger partial charge >= 0.3 is 5.97 Å². The highest BCUT2D eigenvalue weighted by Gasteiger charge is 2.10. The van der Waals surface area contributed by atoms with Crippen LogP contribution in [-0.4, -0.2) is 16.1 Å². The van der Waals surface area contributed by atoms with Crippen LogP contribution in [0.3, 0.4) is 0 Å². The second-order valence-electron chi connectivity index (χ2n) is 7.79. The summed E-state index contributed by atoms with van der Waals surface area (Å²) in [5.74, 6) is -0.151. The predicted octanol–water partition coefficient (Wildman–Crippen LogP) is 6.23. The number of nitrogens with one attached hydrogen (secondary N) is 1. The van der Waals surface area contributed by atoms with E-state index in [2.05, 4.69) is 24.5 Å². The largest absolute Gasteiger partial charge is 0.487 e.